The van der Waals surface area contributed by atoms with Crippen molar-refractivity contribution >= 4 is 27.7 Å². The van der Waals surface area contributed by atoms with E-state index in [-0.39, 0.29) is 10.8 Å². The van der Waals surface area contributed by atoms with Crippen LogP contribution in [0.1, 0.15) is 23.3 Å². The van der Waals surface area contributed by atoms with Crippen LogP contribution in [-0.4, -0.2) is 79.8 Å². The molecule has 0 unspecified atom stereocenters. The molecule has 3 rings (SSSR count). The normalized spacial score (nSPS) is 20.8. The molecule has 2 saturated heterocycles. The largest absolute Gasteiger partial charge is 0.356 e. The van der Waals surface area contributed by atoms with Gasteiger partial charge in [0.05, 0.1) is 0 Å². The van der Waals surface area contributed by atoms with Crippen LogP contribution in [0.2, 0.25) is 0 Å². The van der Waals surface area contributed by atoms with Crippen molar-refractivity contribution in [3.63, 3.8) is 0 Å². The van der Waals surface area contributed by atoms with Crippen LogP contribution in [0.15, 0.2) is 17.2 Å². The van der Waals surface area contributed by atoms with Crippen molar-refractivity contribution in [3.05, 3.63) is 18.0 Å². The van der Waals surface area contributed by atoms with Crippen molar-refractivity contribution in [2.45, 2.75) is 17.7 Å². The molecule has 2 fully saturated rings. The van der Waals surface area contributed by atoms with Crippen molar-refractivity contribution in [2.75, 3.05) is 51.3 Å². The number of carbonyl (C=O) groups excluding carboxylic acids is 1. The van der Waals surface area contributed by atoms with Gasteiger partial charge in [0, 0.05) is 43.9 Å². The number of piperidine rings is 1. The molecule has 7 nitrogen and oxygen atoms in total. The van der Waals surface area contributed by atoms with Gasteiger partial charge in [0.2, 0.25) is 10.0 Å². The third-order valence-corrected chi connectivity index (χ3v) is 7.71. The number of H-pyrrole nitrogens is 1. The fraction of sp³-hybridized carbons (Fsp3) is 0.688. The summed E-state index contributed by atoms with van der Waals surface area (Å²) in [7, 11) is -1.57. The molecule has 1 amide bonds. The van der Waals surface area contributed by atoms with Crippen molar-refractivity contribution in [1.29, 1.82) is 0 Å². The monoisotopic (exact) mass is 386 g/mol. The van der Waals surface area contributed by atoms with E-state index in [2.05, 4.69) is 10.3 Å². The van der Waals surface area contributed by atoms with Gasteiger partial charge in [-0.15, -0.1) is 0 Å². The minimum atomic E-state index is -3.51. The summed E-state index contributed by atoms with van der Waals surface area (Å²) in [6.07, 6.45) is 3.39. The van der Waals surface area contributed by atoms with E-state index in [1.807, 2.05) is 11.9 Å². The van der Waals surface area contributed by atoms with Gasteiger partial charge in [0.25, 0.3) is 5.91 Å². The molecule has 0 radical (unpaired) electrons. The topological polar surface area (TPSA) is 85.5 Å². The molecule has 140 valence electrons. The first-order chi connectivity index (χ1) is 12.0. The number of rotatable bonds is 5. The van der Waals surface area contributed by atoms with Crippen LogP contribution in [0, 0.1) is 5.92 Å². The molecule has 1 aromatic heterocycles. The molecule has 0 spiro atoms. The number of hydrogen-bond donors (Lipinski definition) is 2. The van der Waals surface area contributed by atoms with Gasteiger partial charge in [-0.3, -0.25) is 4.79 Å². The maximum absolute atomic E-state index is 12.7. The van der Waals surface area contributed by atoms with E-state index >= 15 is 0 Å². The summed E-state index contributed by atoms with van der Waals surface area (Å²) in [6.45, 7) is 3.47. The summed E-state index contributed by atoms with van der Waals surface area (Å²) in [5.74, 6) is 2.12. The molecule has 2 N–H and O–H groups in total. The first-order valence-corrected chi connectivity index (χ1v) is 11.3. The fourth-order valence-corrected chi connectivity index (χ4v) is 5.95. The average molecular weight is 387 g/mol. The molecule has 25 heavy (non-hydrogen) atoms. The smallest absolute Gasteiger partial charge is 0.270 e. The van der Waals surface area contributed by atoms with Crippen LogP contribution in [0.3, 0.4) is 0 Å². The lowest BCUT2D eigenvalue weighted by atomic mass is 9.96. The predicted octanol–water partition coefficient (Wildman–Crippen LogP) is 0.824. The maximum Gasteiger partial charge on any atom is 0.270 e. The SMILES string of the molecule is CNCC1CCN(C(=O)c2cc(S(=O)(=O)N3CCSCC3)c[nH]2)CC1. The van der Waals surface area contributed by atoms with Crippen molar-refractivity contribution in [1.82, 2.24) is 19.5 Å². The van der Waals surface area contributed by atoms with Gasteiger partial charge in [-0.2, -0.15) is 16.1 Å². The Balaban J connectivity index is 1.66. The molecule has 0 bridgehead atoms. The number of amides is 1. The fourth-order valence-electron chi connectivity index (χ4n) is 3.38. The Labute approximate surface area is 153 Å². The van der Waals surface area contributed by atoms with Gasteiger partial charge in [-0.1, -0.05) is 0 Å². The van der Waals surface area contributed by atoms with E-state index in [1.165, 1.54) is 16.6 Å². The van der Waals surface area contributed by atoms with Crippen LogP contribution >= 0.6 is 11.8 Å². The van der Waals surface area contributed by atoms with Crippen LogP contribution in [0.25, 0.3) is 0 Å². The van der Waals surface area contributed by atoms with Crippen LogP contribution in [-0.2, 0) is 10.0 Å². The van der Waals surface area contributed by atoms with Crippen molar-refractivity contribution in [3.8, 4) is 0 Å². The standard InChI is InChI=1S/C16H26N4O3S2/c1-17-11-13-2-4-19(5-3-13)16(21)15-10-14(12-18-15)25(22,23)20-6-8-24-9-7-20/h10,12-13,17-18H,2-9,11H2,1H3. The average Bonchev–Trinajstić information content (AvgIpc) is 3.14. The molecule has 1 aromatic rings. The summed E-state index contributed by atoms with van der Waals surface area (Å²) in [5, 5.41) is 3.18. The van der Waals surface area contributed by atoms with Crippen molar-refractivity contribution in [2.24, 2.45) is 5.92 Å². The van der Waals surface area contributed by atoms with E-state index in [0.29, 0.717) is 24.7 Å². The number of likely N-dealkylation sites (tertiary alicyclic amines) is 1. The Morgan fingerprint density at radius 3 is 2.60 bits per heavy atom. The van der Waals surface area contributed by atoms with Crippen LogP contribution in [0.4, 0.5) is 0 Å². The lowest BCUT2D eigenvalue weighted by Crippen LogP contribution is -2.40. The summed E-state index contributed by atoms with van der Waals surface area (Å²) >= 11 is 1.76. The molecule has 0 aromatic carbocycles. The molecule has 0 atom stereocenters. The van der Waals surface area contributed by atoms with Crippen LogP contribution < -0.4 is 5.32 Å². The van der Waals surface area contributed by atoms with Crippen LogP contribution in [0.5, 0.6) is 0 Å². The second-order valence-corrected chi connectivity index (χ2v) is 9.72. The number of thioether (sulfide) groups is 1. The van der Waals surface area contributed by atoms with E-state index in [0.717, 1.165) is 44.0 Å². The Bertz CT molecular complexity index is 690. The number of nitrogens with one attached hydrogen (secondary N) is 2. The number of nitrogens with zero attached hydrogens (tertiary/aromatic N) is 2. The maximum atomic E-state index is 12.7. The molecule has 9 heteroatoms. The van der Waals surface area contributed by atoms with Gasteiger partial charge in [-0.25, -0.2) is 8.42 Å². The molecule has 3 heterocycles. The molecular weight excluding hydrogens is 360 g/mol. The highest BCUT2D eigenvalue weighted by atomic mass is 32.2. The number of hydrogen-bond acceptors (Lipinski definition) is 5. The van der Waals surface area contributed by atoms with Gasteiger partial charge in [0.15, 0.2) is 0 Å². The zero-order valence-corrected chi connectivity index (χ0v) is 16.2. The highest BCUT2D eigenvalue weighted by molar-refractivity contribution is 7.99. The second kappa shape index (κ2) is 8.11. The first kappa shape index (κ1) is 18.8. The molecule has 0 aliphatic carbocycles. The number of carbonyl (C=O) groups is 1. The highest BCUT2D eigenvalue weighted by Gasteiger charge is 2.29. The van der Waals surface area contributed by atoms with Crippen molar-refractivity contribution < 1.29 is 13.2 Å². The van der Waals surface area contributed by atoms with Gasteiger partial charge in [-0.05, 0) is 38.4 Å². The summed E-state index contributed by atoms with van der Waals surface area (Å²) in [4.78, 5) is 17.5. The number of sulfonamides is 1. The molecule has 0 saturated carbocycles. The minimum absolute atomic E-state index is 0.112. The number of aromatic amines is 1. The van der Waals surface area contributed by atoms with Gasteiger partial charge >= 0.3 is 0 Å². The Hall–Kier alpha value is -1.03. The Morgan fingerprint density at radius 2 is 1.96 bits per heavy atom. The summed E-state index contributed by atoms with van der Waals surface area (Å²) in [6, 6.07) is 1.49. The Morgan fingerprint density at radius 1 is 1.28 bits per heavy atom. The predicted molar refractivity (Wildman–Crippen MR) is 99.4 cm³/mol. The molecular formula is C16H26N4O3S2. The zero-order chi connectivity index (χ0) is 17.9. The van der Waals surface area contributed by atoms with E-state index < -0.39 is 10.0 Å². The van der Waals surface area contributed by atoms with E-state index in [1.54, 1.807) is 11.8 Å². The van der Waals surface area contributed by atoms with E-state index in [9.17, 15) is 13.2 Å². The first-order valence-electron chi connectivity index (χ1n) is 8.72. The quantitative estimate of drug-likeness (QED) is 0.783. The Kier molecular flexibility index (Phi) is 6.08. The third-order valence-electron chi connectivity index (χ3n) is 4.89. The zero-order valence-electron chi connectivity index (χ0n) is 14.5. The summed E-state index contributed by atoms with van der Waals surface area (Å²) in [5.41, 5.74) is 0.358. The second-order valence-electron chi connectivity index (χ2n) is 6.56. The molecule has 2 aliphatic heterocycles. The highest BCUT2D eigenvalue weighted by Crippen LogP contribution is 2.23. The lowest BCUT2D eigenvalue weighted by molar-refractivity contribution is 0.0685. The summed E-state index contributed by atoms with van der Waals surface area (Å²) < 4.78 is 26.9. The minimum Gasteiger partial charge on any atom is -0.356 e. The van der Waals surface area contributed by atoms with Gasteiger partial charge in [0.1, 0.15) is 10.6 Å². The molecule has 2 aliphatic rings. The lowest BCUT2D eigenvalue weighted by Gasteiger charge is -2.31. The third kappa shape index (κ3) is 4.21. The van der Waals surface area contributed by atoms with Gasteiger partial charge < -0.3 is 15.2 Å². The van der Waals surface area contributed by atoms with E-state index in [4.69, 9.17) is 0 Å². The number of aromatic nitrogens is 1.